The SMILES string of the molecule is CCN(Cc1cc(Br)ccc1NCc1ccccc1)c1ccc(C(=O)O)nn1. The molecule has 1 heterocycles. The van der Waals surface area contributed by atoms with Gasteiger partial charge in [-0.3, -0.25) is 0 Å². The molecular formula is C21H21BrN4O2. The standard InChI is InChI=1S/C21H21BrN4O2/c1-2-26(20-11-10-19(21(27)28)24-25-20)14-16-12-17(22)8-9-18(16)23-13-15-6-4-3-5-7-15/h3-12,23H,2,13-14H2,1H3,(H,27,28). The first-order valence-electron chi connectivity index (χ1n) is 8.95. The minimum absolute atomic E-state index is 0.0625. The van der Waals surface area contributed by atoms with Gasteiger partial charge in [0.1, 0.15) is 0 Å². The Morgan fingerprint density at radius 1 is 1.11 bits per heavy atom. The Balaban J connectivity index is 1.79. The molecule has 0 aliphatic rings. The van der Waals surface area contributed by atoms with E-state index in [4.69, 9.17) is 5.11 Å². The van der Waals surface area contributed by atoms with E-state index in [1.807, 2.05) is 36.1 Å². The molecule has 2 aromatic carbocycles. The van der Waals surface area contributed by atoms with Gasteiger partial charge in [0.25, 0.3) is 0 Å². The number of halogens is 1. The number of carbonyl (C=O) groups is 1. The maximum atomic E-state index is 11.0. The van der Waals surface area contributed by atoms with Gasteiger partial charge >= 0.3 is 5.97 Å². The van der Waals surface area contributed by atoms with Crippen LogP contribution in [0, 0.1) is 0 Å². The fraction of sp³-hybridized carbons (Fsp3) is 0.190. The highest BCUT2D eigenvalue weighted by Gasteiger charge is 2.13. The van der Waals surface area contributed by atoms with Crippen molar-refractivity contribution in [1.29, 1.82) is 0 Å². The molecule has 3 aromatic rings. The quantitative estimate of drug-likeness (QED) is 0.533. The van der Waals surface area contributed by atoms with E-state index in [1.54, 1.807) is 6.07 Å². The summed E-state index contributed by atoms with van der Waals surface area (Å²) in [5.41, 5.74) is 3.29. The van der Waals surface area contributed by atoms with Gasteiger partial charge in [-0.25, -0.2) is 4.79 Å². The van der Waals surface area contributed by atoms with Crippen molar-refractivity contribution >= 4 is 33.4 Å². The maximum Gasteiger partial charge on any atom is 0.356 e. The molecule has 0 atom stereocenters. The molecule has 0 saturated carbocycles. The average molecular weight is 441 g/mol. The minimum Gasteiger partial charge on any atom is -0.476 e. The lowest BCUT2D eigenvalue weighted by Crippen LogP contribution is -2.24. The summed E-state index contributed by atoms with van der Waals surface area (Å²) in [5, 5.41) is 20.4. The van der Waals surface area contributed by atoms with E-state index >= 15 is 0 Å². The second kappa shape index (κ2) is 9.32. The predicted molar refractivity (Wildman–Crippen MR) is 114 cm³/mol. The van der Waals surface area contributed by atoms with Crippen LogP contribution in [0.4, 0.5) is 11.5 Å². The molecule has 3 rings (SSSR count). The van der Waals surface area contributed by atoms with E-state index in [0.717, 1.165) is 22.3 Å². The first-order chi connectivity index (χ1) is 13.6. The third kappa shape index (κ3) is 5.07. The van der Waals surface area contributed by atoms with Crippen LogP contribution in [0.1, 0.15) is 28.5 Å². The summed E-state index contributed by atoms with van der Waals surface area (Å²) in [6.07, 6.45) is 0. The molecule has 0 amide bonds. The molecule has 144 valence electrons. The van der Waals surface area contributed by atoms with E-state index < -0.39 is 5.97 Å². The minimum atomic E-state index is -1.08. The first-order valence-corrected chi connectivity index (χ1v) is 9.74. The van der Waals surface area contributed by atoms with Gasteiger partial charge in [-0.1, -0.05) is 46.3 Å². The zero-order chi connectivity index (χ0) is 19.9. The first kappa shape index (κ1) is 19.8. The molecule has 28 heavy (non-hydrogen) atoms. The van der Waals surface area contributed by atoms with Crippen LogP contribution in [-0.4, -0.2) is 27.8 Å². The van der Waals surface area contributed by atoms with Crippen molar-refractivity contribution < 1.29 is 9.90 Å². The van der Waals surface area contributed by atoms with Gasteiger partial charge < -0.3 is 15.3 Å². The van der Waals surface area contributed by atoms with Crippen molar-refractivity contribution in [2.75, 3.05) is 16.8 Å². The van der Waals surface area contributed by atoms with Gasteiger partial charge in [-0.05, 0) is 48.4 Å². The Morgan fingerprint density at radius 3 is 2.54 bits per heavy atom. The number of nitrogens with zero attached hydrogens (tertiary/aromatic N) is 3. The van der Waals surface area contributed by atoms with Crippen molar-refractivity contribution in [1.82, 2.24) is 10.2 Å². The lowest BCUT2D eigenvalue weighted by atomic mass is 10.1. The van der Waals surface area contributed by atoms with Crippen LogP contribution in [0.2, 0.25) is 0 Å². The topological polar surface area (TPSA) is 78.4 Å². The van der Waals surface area contributed by atoms with Gasteiger partial charge in [-0.15, -0.1) is 10.2 Å². The van der Waals surface area contributed by atoms with Crippen molar-refractivity contribution in [3.8, 4) is 0 Å². The molecule has 6 nitrogen and oxygen atoms in total. The van der Waals surface area contributed by atoms with Gasteiger partial charge in [0.15, 0.2) is 11.5 Å². The fourth-order valence-electron chi connectivity index (χ4n) is 2.83. The molecular weight excluding hydrogens is 420 g/mol. The Bertz CT molecular complexity index is 933. The molecule has 0 fully saturated rings. The number of carboxylic acid groups (broad SMARTS) is 1. The lowest BCUT2D eigenvalue weighted by Gasteiger charge is -2.23. The third-order valence-corrected chi connectivity index (χ3v) is 4.82. The van der Waals surface area contributed by atoms with Crippen molar-refractivity contribution in [3.05, 3.63) is 82.0 Å². The van der Waals surface area contributed by atoms with E-state index in [9.17, 15) is 4.79 Å². The summed E-state index contributed by atoms with van der Waals surface area (Å²) in [5.74, 6) is -0.442. The molecule has 0 saturated heterocycles. The number of carboxylic acids is 1. The third-order valence-electron chi connectivity index (χ3n) is 4.33. The fourth-order valence-corrected chi connectivity index (χ4v) is 3.24. The molecule has 0 spiro atoms. The van der Waals surface area contributed by atoms with Crippen molar-refractivity contribution in [2.24, 2.45) is 0 Å². The molecule has 2 N–H and O–H groups in total. The zero-order valence-electron chi connectivity index (χ0n) is 15.5. The summed E-state index contributed by atoms with van der Waals surface area (Å²) in [6, 6.07) is 19.5. The largest absolute Gasteiger partial charge is 0.476 e. The molecule has 0 radical (unpaired) electrons. The summed E-state index contributed by atoms with van der Waals surface area (Å²) >= 11 is 3.55. The molecule has 0 aliphatic heterocycles. The molecule has 1 aromatic heterocycles. The van der Waals surface area contributed by atoms with Crippen molar-refractivity contribution in [2.45, 2.75) is 20.0 Å². The Hall–Kier alpha value is -2.93. The predicted octanol–water partition coefficient (Wildman–Crippen LogP) is 4.58. The van der Waals surface area contributed by atoms with Crippen LogP contribution < -0.4 is 10.2 Å². The smallest absolute Gasteiger partial charge is 0.356 e. The van der Waals surface area contributed by atoms with E-state index in [1.165, 1.54) is 11.6 Å². The van der Waals surface area contributed by atoms with Crippen LogP contribution >= 0.6 is 15.9 Å². The summed E-state index contributed by atoms with van der Waals surface area (Å²) in [6.45, 7) is 4.09. The van der Waals surface area contributed by atoms with Crippen molar-refractivity contribution in [3.63, 3.8) is 0 Å². The van der Waals surface area contributed by atoms with Gasteiger partial charge in [0.2, 0.25) is 0 Å². The second-order valence-electron chi connectivity index (χ2n) is 6.24. The van der Waals surface area contributed by atoms with Gasteiger partial charge in [0.05, 0.1) is 0 Å². The maximum absolute atomic E-state index is 11.0. The second-order valence-corrected chi connectivity index (χ2v) is 7.15. The number of anilines is 2. The summed E-state index contributed by atoms with van der Waals surface area (Å²) in [7, 11) is 0. The lowest BCUT2D eigenvalue weighted by molar-refractivity contribution is 0.0689. The highest BCUT2D eigenvalue weighted by Crippen LogP contribution is 2.25. The molecule has 7 heteroatoms. The number of benzene rings is 2. The Morgan fingerprint density at radius 2 is 1.89 bits per heavy atom. The van der Waals surface area contributed by atoms with Crippen LogP contribution in [0.25, 0.3) is 0 Å². The average Bonchev–Trinajstić information content (AvgIpc) is 2.72. The number of aromatic carboxylic acids is 1. The monoisotopic (exact) mass is 440 g/mol. The zero-order valence-corrected chi connectivity index (χ0v) is 17.1. The molecule has 0 bridgehead atoms. The van der Waals surface area contributed by atoms with Crippen LogP contribution in [0.5, 0.6) is 0 Å². The normalized spacial score (nSPS) is 10.5. The number of rotatable bonds is 8. The van der Waals surface area contributed by atoms with Crippen LogP contribution in [0.15, 0.2) is 65.1 Å². The van der Waals surface area contributed by atoms with Crippen LogP contribution in [0.3, 0.4) is 0 Å². The van der Waals surface area contributed by atoms with E-state index in [0.29, 0.717) is 18.9 Å². The van der Waals surface area contributed by atoms with Gasteiger partial charge in [0, 0.05) is 29.8 Å². The Kier molecular flexibility index (Phi) is 6.60. The Labute approximate surface area is 172 Å². The highest BCUT2D eigenvalue weighted by atomic mass is 79.9. The number of aromatic nitrogens is 2. The number of hydrogen-bond donors (Lipinski definition) is 2. The summed E-state index contributed by atoms with van der Waals surface area (Å²) < 4.78 is 0.996. The molecule has 0 unspecified atom stereocenters. The van der Waals surface area contributed by atoms with Crippen LogP contribution in [-0.2, 0) is 13.1 Å². The molecule has 0 aliphatic carbocycles. The number of hydrogen-bond acceptors (Lipinski definition) is 5. The van der Waals surface area contributed by atoms with E-state index in [-0.39, 0.29) is 5.69 Å². The van der Waals surface area contributed by atoms with Gasteiger partial charge in [-0.2, -0.15) is 0 Å². The van der Waals surface area contributed by atoms with E-state index in [2.05, 4.69) is 55.7 Å². The highest BCUT2D eigenvalue weighted by molar-refractivity contribution is 9.10. The summed E-state index contributed by atoms with van der Waals surface area (Å²) in [4.78, 5) is 13.0. The number of nitrogens with one attached hydrogen (secondary N) is 1.